The lowest BCUT2D eigenvalue weighted by Gasteiger charge is -2.15. The second-order valence-electron chi connectivity index (χ2n) is 6.86. The van der Waals surface area contributed by atoms with Crippen molar-refractivity contribution < 1.29 is 14.3 Å². The van der Waals surface area contributed by atoms with E-state index < -0.39 is 29.5 Å². The van der Waals surface area contributed by atoms with Crippen LogP contribution in [-0.2, 0) is 17.9 Å². The molecule has 11 nitrogen and oxygen atoms in total. The van der Waals surface area contributed by atoms with Crippen molar-refractivity contribution in [3.05, 3.63) is 84.6 Å². The minimum absolute atomic E-state index is 0.0418. The first-order chi connectivity index (χ1) is 15.3. The number of H-pyrrole nitrogens is 1. The van der Waals surface area contributed by atoms with Gasteiger partial charge >= 0.3 is 23.1 Å². The van der Waals surface area contributed by atoms with Crippen LogP contribution in [-0.4, -0.2) is 30.2 Å². The lowest BCUT2D eigenvalue weighted by molar-refractivity contribution is -0.137. The number of fused-ring (bicyclic) bond motifs is 1. The summed E-state index contributed by atoms with van der Waals surface area (Å²) in [4.78, 5) is 54.3. The SMILES string of the molecule is O=C(O)CCn1c(=O)nc(Nc2ccc3[nH]c(=O)oc3c2)n(Cc2ccc(Cl)cc2)c1=O. The fourth-order valence-electron chi connectivity index (χ4n) is 3.09. The molecule has 12 heteroatoms. The lowest BCUT2D eigenvalue weighted by atomic mass is 10.2. The van der Waals surface area contributed by atoms with Crippen molar-refractivity contribution in [3.8, 4) is 0 Å². The van der Waals surface area contributed by atoms with E-state index in [0.717, 1.165) is 4.57 Å². The van der Waals surface area contributed by atoms with Gasteiger partial charge in [-0.15, -0.1) is 0 Å². The topological polar surface area (TPSA) is 152 Å². The highest BCUT2D eigenvalue weighted by molar-refractivity contribution is 6.30. The minimum atomic E-state index is -1.15. The van der Waals surface area contributed by atoms with Gasteiger partial charge in [0, 0.05) is 23.3 Å². The number of anilines is 2. The quantitative estimate of drug-likeness (QED) is 0.379. The first kappa shape index (κ1) is 21.1. The van der Waals surface area contributed by atoms with Gasteiger partial charge in [-0.3, -0.25) is 14.3 Å². The van der Waals surface area contributed by atoms with Crippen molar-refractivity contribution in [3.63, 3.8) is 0 Å². The molecule has 2 heterocycles. The van der Waals surface area contributed by atoms with Crippen molar-refractivity contribution in [1.82, 2.24) is 19.1 Å². The number of carboxylic acids is 1. The van der Waals surface area contributed by atoms with Crippen LogP contribution in [0.5, 0.6) is 0 Å². The number of nitrogens with one attached hydrogen (secondary N) is 2. The molecule has 4 rings (SSSR count). The minimum Gasteiger partial charge on any atom is -0.481 e. The Morgan fingerprint density at radius 1 is 1.12 bits per heavy atom. The van der Waals surface area contributed by atoms with E-state index in [2.05, 4.69) is 15.3 Å². The Balaban J connectivity index is 1.78. The zero-order valence-electron chi connectivity index (χ0n) is 16.4. The number of benzene rings is 2. The highest BCUT2D eigenvalue weighted by atomic mass is 35.5. The summed E-state index contributed by atoms with van der Waals surface area (Å²) in [5.74, 6) is -1.82. The molecule has 0 aliphatic heterocycles. The summed E-state index contributed by atoms with van der Waals surface area (Å²) in [6, 6.07) is 11.5. The molecule has 0 aliphatic rings. The molecule has 0 radical (unpaired) electrons. The van der Waals surface area contributed by atoms with E-state index in [1.54, 1.807) is 36.4 Å². The van der Waals surface area contributed by atoms with E-state index in [1.807, 2.05) is 0 Å². The Kier molecular flexibility index (Phi) is 5.65. The van der Waals surface area contributed by atoms with Crippen LogP contribution in [0.3, 0.4) is 0 Å². The standard InChI is InChI=1S/C20H16ClN5O6/c21-12-3-1-11(2-4-12)10-26-17(24-18(29)25(20(26)31)8-7-16(27)28)22-13-5-6-14-15(9-13)32-19(30)23-14/h1-6,9H,7-8,10H2,(H,23,30)(H,27,28)(H,22,24,29). The average Bonchev–Trinajstić information content (AvgIpc) is 3.11. The molecule has 32 heavy (non-hydrogen) atoms. The van der Waals surface area contributed by atoms with Gasteiger partial charge in [0.1, 0.15) is 0 Å². The Morgan fingerprint density at radius 2 is 1.88 bits per heavy atom. The number of rotatable bonds is 7. The van der Waals surface area contributed by atoms with Crippen molar-refractivity contribution in [2.45, 2.75) is 19.5 Å². The normalized spacial score (nSPS) is 11.0. The number of nitrogens with zero attached hydrogens (tertiary/aromatic N) is 3. The molecular formula is C20H16ClN5O6. The third-order valence-electron chi connectivity index (χ3n) is 4.63. The predicted octanol–water partition coefficient (Wildman–Crippen LogP) is 1.76. The third-order valence-corrected chi connectivity index (χ3v) is 4.88. The Bertz CT molecular complexity index is 1480. The molecule has 164 valence electrons. The molecule has 2 aromatic heterocycles. The van der Waals surface area contributed by atoms with Crippen LogP contribution in [0.25, 0.3) is 11.1 Å². The molecule has 0 aliphatic carbocycles. The van der Waals surface area contributed by atoms with Crippen molar-refractivity contribution in [2.24, 2.45) is 0 Å². The van der Waals surface area contributed by atoms with Gasteiger partial charge in [-0.1, -0.05) is 23.7 Å². The summed E-state index contributed by atoms with van der Waals surface area (Å²) in [5, 5.41) is 12.3. The van der Waals surface area contributed by atoms with E-state index in [4.69, 9.17) is 21.1 Å². The highest BCUT2D eigenvalue weighted by Crippen LogP contribution is 2.19. The lowest BCUT2D eigenvalue weighted by Crippen LogP contribution is -2.43. The summed E-state index contributed by atoms with van der Waals surface area (Å²) in [6.07, 6.45) is -0.409. The van der Waals surface area contributed by atoms with E-state index in [-0.39, 0.29) is 24.6 Å². The monoisotopic (exact) mass is 457 g/mol. The molecule has 0 saturated carbocycles. The summed E-state index contributed by atoms with van der Waals surface area (Å²) in [5.41, 5.74) is 0.271. The molecule has 3 N–H and O–H groups in total. The number of aromatic nitrogens is 4. The van der Waals surface area contributed by atoms with Gasteiger partial charge in [-0.25, -0.2) is 19.0 Å². The second kappa shape index (κ2) is 8.55. The van der Waals surface area contributed by atoms with Gasteiger partial charge in [-0.2, -0.15) is 4.98 Å². The molecule has 0 amide bonds. The molecule has 0 spiro atoms. The van der Waals surface area contributed by atoms with Crippen LogP contribution in [0, 0.1) is 0 Å². The summed E-state index contributed by atoms with van der Waals surface area (Å²) < 4.78 is 7.01. The molecule has 4 aromatic rings. The van der Waals surface area contributed by atoms with Gasteiger partial charge in [-0.05, 0) is 29.8 Å². The summed E-state index contributed by atoms with van der Waals surface area (Å²) in [6.45, 7) is -0.276. The van der Waals surface area contributed by atoms with Crippen molar-refractivity contribution >= 4 is 40.3 Å². The van der Waals surface area contributed by atoms with Crippen molar-refractivity contribution in [2.75, 3.05) is 5.32 Å². The molecular weight excluding hydrogens is 442 g/mol. The number of oxazole rings is 1. The number of aromatic amines is 1. The zero-order chi connectivity index (χ0) is 22.8. The Hall–Kier alpha value is -4.12. The molecule has 0 fully saturated rings. The maximum atomic E-state index is 13.1. The van der Waals surface area contributed by atoms with E-state index in [9.17, 15) is 19.2 Å². The number of hydrogen-bond acceptors (Lipinski definition) is 7. The molecule has 0 unspecified atom stereocenters. The average molecular weight is 458 g/mol. The van der Waals surface area contributed by atoms with Crippen LogP contribution in [0.2, 0.25) is 5.02 Å². The van der Waals surface area contributed by atoms with Gasteiger partial charge in [0.2, 0.25) is 5.95 Å². The number of carbonyl (C=O) groups is 1. The second-order valence-corrected chi connectivity index (χ2v) is 7.30. The molecule has 0 bridgehead atoms. The number of carboxylic acid groups (broad SMARTS) is 1. The van der Waals surface area contributed by atoms with Gasteiger partial charge < -0.3 is 14.8 Å². The Morgan fingerprint density at radius 3 is 2.59 bits per heavy atom. The van der Waals surface area contributed by atoms with Gasteiger partial charge in [0.25, 0.3) is 0 Å². The largest absolute Gasteiger partial charge is 0.481 e. The summed E-state index contributed by atoms with van der Waals surface area (Å²) >= 11 is 5.92. The predicted molar refractivity (Wildman–Crippen MR) is 116 cm³/mol. The van der Waals surface area contributed by atoms with Gasteiger partial charge in [0.05, 0.1) is 18.5 Å². The Labute approximate surface area is 183 Å². The van der Waals surface area contributed by atoms with Crippen molar-refractivity contribution in [1.29, 1.82) is 0 Å². The number of aliphatic carboxylic acids is 1. The fourth-order valence-corrected chi connectivity index (χ4v) is 3.22. The first-order valence-electron chi connectivity index (χ1n) is 9.38. The smallest absolute Gasteiger partial charge is 0.417 e. The molecule has 0 atom stereocenters. The maximum Gasteiger partial charge on any atom is 0.417 e. The van der Waals surface area contributed by atoms with Crippen LogP contribution >= 0.6 is 11.6 Å². The van der Waals surface area contributed by atoms with E-state index in [1.165, 1.54) is 10.6 Å². The highest BCUT2D eigenvalue weighted by Gasteiger charge is 2.15. The number of halogens is 1. The van der Waals surface area contributed by atoms with Crippen LogP contribution < -0.4 is 22.5 Å². The summed E-state index contributed by atoms with van der Waals surface area (Å²) in [7, 11) is 0. The zero-order valence-corrected chi connectivity index (χ0v) is 17.1. The molecule has 0 saturated heterocycles. The van der Waals surface area contributed by atoms with Crippen LogP contribution in [0.1, 0.15) is 12.0 Å². The van der Waals surface area contributed by atoms with Crippen LogP contribution in [0.15, 0.2) is 61.3 Å². The first-order valence-corrected chi connectivity index (χ1v) is 9.76. The van der Waals surface area contributed by atoms with E-state index >= 15 is 0 Å². The molecule has 2 aromatic carbocycles. The number of hydrogen-bond donors (Lipinski definition) is 3. The van der Waals surface area contributed by atoms with Gasteiger partial charge in [0.15, 0.2) is 5.58 Å². The third kappa shape index (κ3) is 4.47. The van der Waals surface area contributed by atoms with E-state index in [0.29, 0.717) is 21.8 Å². The fraction of sp³-hybridized carbons (Fsp3) is 0.150. The maximum absolute atomic E-state index is 13.1. The van der Waals surface area contributed by atoms with Crippen LogP contribution in [0.4, 0.5) is 11.6 Å².